The predicted octanol–water partition coefficient (Wildman–Crippen LogP) is 2.18. The summed E-state index contributed by atoms with van der Waals surface area (Å²) in [7, 11) is 6.40. The quantitative estimate of drug-likeness (QED) is 0.713. The van der Waals surface area contributed by atoms with Crippen molar-refractivity contribution < 1.29 is 0 Å². The van der Waals surface area contributed by atoms with Crippen LogP contribution in [0.15, 0.2) is 24.3 Å². The number of para-hydroxylation sites is 1. The van der Waals surface area contributed by atoms with Crippen molar-refractivity contribution in [3.8, 4) is 0 Å². The van der Waals surface area contributed by atoms with Gasteiger partial charge in [-0.1, -0.05) is 25.1 Å². The molecule has 0 atom stereocenters. The van der Waals surface area contributed by atoms with E-state index < -0.39 is 0 Å². The Morgan fingerprint density at radius 1 is 1.06 bits per heavy atom. The van der Waals surface area contributed by atoms with Crippen molar-refractivity contribution in [2.24, 2.45) is 0 Å². The number of benzene rings is 1. The lowest BCUT2D eigenvalue weighted by Crippen LogP contribution is -2.29. The molecule has 0 fully saturated rings. The molecule has 102 valence electrons. The maximum Gasteiger partial charge on any atom is 0.0409 e. The highest BCUT2D eigenvalue weighted by Crippen LogP contribution is 2.18. The second-order valence-electron chi connectivity index (χ2n) is 5.03. The van der Waals surface area contributed by atoms with E-state index in [0.29, 0.717) is 0 Å². The third kappa shape index (κ3) is 5.07. The van der Waals surface area contributed by atoms with Crippen LogP contribution < -0.4 is 10.2 Å². The summed E-state index contributed by atoms with van der Waals surface area (Å²) in [6.07, 6.45) is 1.18. The van der Waals surface area contributed by atoms with Gasteiger partial charge in [0.2, 0.25) is 0 Å². The minimum Gasteiger partial charge on any atom is -0.373 e. The van der Waals surface area contributed by atoms with Crippen LogP contribution in [-0.4, -0.2) is 45.7 Å². The number of hydrogen-bond acceptors (Lipinski definition) is 3. The van der Waals surface area contributed by atoms with E-state index in [1.807, 2.05) is 0 Å². The van der Waals surface area contributed by atoms with Gasteiger partial charge in [-0.3, -0.25) is 0 Å². The number of likely N-dealkylation sites (N-methyl/N-ethyl adjacent to an activating group) is 2. The van der Waals surface area contributed by atoms with Crippen LogP contribution in [0.4, 0.5) is 5.69 Å². The average molecular weight is 249 g/mol. The molecule has 1 aromatic carbocycles. The molecule has 0 aliphatic rings. The molecule has 1 rings (SSSR count). The maximum atomic E-state index is 3.47. The van der Waals surface area contributed by atoms with Crippen LogP contribution in [0.25, 0.3) is 0 Å². The van der Waals surface area contributed by atoms with Crippen molar-refractivity contribution in [2.45, 2.75) is 19.9 Å². The highest BCUT2D eigenvalue weighted by Gasteiger charge is 2.06. The van der Waals surface area contributed by atoms with Crippen molar-refractivity contribution in [3.63, 3.8) is 0 Å². The molecule has 3 nitrogen and oxygen atoms in total. The number of rotatable bonds is 8. The molecule has 0 amide bonds. The van der Waals surface area contributed by atoms with E-state index >= 15 is 0 Å². The molecule has 1 aromatic rings. The van der Waals surface area contributed by atoms with E-state index in [0.717, 1.165) is 26.2 Å². The second-order valence-corrected chi connectivity index (χ2v) is 5.03. The molecule has 0 aromatic heterocycles. The zero-order valence-electron chi connectivity index (χ0n) is 12.2. The molecule has 0 aliphatic carbocycles. The van der Waals surface area contributed by atoms with E-state index in [4.69, 9.17) is 0 Å². The molecule has 0 heterocycles. The number of nitrogens with one attached hydrogen (secondary N) is 1. The highest BCUT2D eigenvalue weighted by atomic mass is 15.2. The Bertz CT molecular complexity index is 336. The smallest absolute Gasteiger partial charge is 0.0409 e. The molecule has 3 heteroatoms. The summed E-state index contributed by atoms with van der Waals surface area (Å²) in [5.41, 5.74) is 2.72. The average Bonchev–Trinajstić information content (AvgIpc) is 2.37. The Labute approximate surface area is 112 Å². The van der Waals surface area contributed by atoms with E-state index in [-0.39, 0.29) is 0 Å². The fraction of sp³-hybridized carbons (Fsp3) is 0.600. The zero-order valence-corrected chi connectivity index (χ0v) is 12.2. The summed E-state index contributed by atoms with van der Waals surface area (Å²) in [5, 5.41) is 3.47. The molecular weight excluding hydrogens is 222 g/mol. The molecular formula is C15H27N3. The fourth-order valence-corrected chi connectivity index (χ4v) is 1.90. The molecule has 0 unspecified atom stereocenters. The Hall–Kier alpha value is -1.06. The van der Waals surface area contributed by atoms with Gasteiger partial charge in [0.25, 0.3) is 0 Å². The Balaban J connectivity index is 2.62. The first kappa shape index (κ1) is 15.0. The number of anilines is 1. The third-order valence-corrected chi connectivity index (χ3v) is 3.03. The van der Waals surface area contributed by atoms with E-state index in [2.05, 4.69) is 67.4 Å². The lowest BCUT2D eigenvalue weighted by atomic mass is 10.1. The molecule has 0 aliphatic heterocycles. The van der Waals surface area contributed by atoms with E-state index in [9.17, 15) is 0 Å². The molecule has 0 saturated heterocycles. The van der Waals surface area contributed by atoms with Crippen LogP contribution in [0.1, 0.15) is 18.9 Å². The lowest BCUT2D eigenvalue weighted by Gasteiger charge is -2.24. The normalized spacial score (nSPS) is 10.9. The topological polar surface area (TPSA) is 18.5 Å². The summed E-state index contributed by atoms with van der Waals surface area (Å²) >= 11 is 0. The van der Waals surface area contributed by atoms with Crippen LogP contribution >= 0.6 is 0 Å². The van der Waals surface area contributed by atoms with Crippen LogP contribution in [0.3, 0.4) is 0 Å². The van der Waals surface area contributed by atoms with E-state index in [1.165, 1.54) is 17.7 Å². The number of nitrogens with zero attached hydrogens (tertiary/aromatic N) is 2. The van der Waals surface area contributed by atoms with Gasteiger partial charge in [-0.2, -0.15) is 0 Å². The van der Waals surface area contributed by atoms with Gasteiger partial charge in [0, 0.05) is 32.4 Å². The van der Waals surface area contributed by atoms with Crippen molar-refractivity contribution in [3.05, 3.63) is 29.8 Å². The standard InChI is InChI=1S/C15H27N3/c1-5-10-16-13-14-8-6-7-9-15(14)18(4)12-11-17(2)3/h6-9,16H,5,10-13H2,1-4H3. The van der Waals surface area contributed by atoms with Crippen molar-refractivity contribution in [1.82, 2.24) is 10.2 Å². The summed E-state index contributed by atoms with van der Waals surface area (Å²) in [5.74, 6) is 0. The molecule has 0 saturated carbocycles. The van der Waals surface area contributed by atoms with Gasteiger partial charge in [-0.15, -0.1) is 0 Å². The first-order valence-electron chi connectivity index (χ1n) is 6.79. The van der Waals surface area contributed by atoms with Crippen LogP contribution in [0, 0.1) is 0 Å². The SMILES string of the molecule is CCCNCc1ccccc1N(C)CCN(C)C. The Morgan fingerprint density at radius 3 is 2.44 bits per heavy atom. The van der Waals surface area contributed by atoms with Gasteiger partial charge >= 0.3 is 0 Å². The van der Waals surface area contributed by atoms with Gasteiger partial charge in [-0.25, -0.2) is 0 Å². The van der Waals surface area contributed by atoms with Gasteiger partial charge in [0.15, 0.2) is 0 Å². The molecule has 1 N–H and O–H groups in total. The first-order valence-corrected chi connectivity index (χ1v) is 6.79. The van der Waals surface area contributed by atoms with Gasteiger partial charge in [0.1, 0.15) is 0 Å². The maximum absolute atomic E-state index is 3.47. The number of hydrogen-bond donors (Lipinski definition) is 1. The largest absolute Gasteiger partial charge is 0.373 e. The monoisotopic (exact) mass is 249 g/mol. The van der Waals surface area contributed by atoms with Crippen LogP contribution in [0.2, 0.25) is 0 Å². The zero-order chi connectivity index (χ0) is 13.4. The van der Waals surface area contributed by atoms with Crippen LogP contribution in [-0.2, 0) is 6.54 Å². The fourth-order valence-electron chi connectivity index (χ4n) is 1.90. The van der Waals surface area contributed by atoms with Gasteiger partial charge in [-0.05, 0) is 38.7 Å². The highest BCUT2D eigenvalue weighted by molar-refractivity contribution is 5.53. The Morgan fingerprint density at radius 2 is 1.78 bits per heavy atom. The van der Waals surface area contributed by atoms with Crippen molar-refractivity contribution >= 4 is 5.69 Å². The van der Waals surface area contributed by atoms with Crippen molar-refractivity contribution in [1.29, 1.82) is 0 Å². The summed E-state index contributed by atoms with van der Waals surface area (Å²) in [6, 6.07) is 8.65. The predicted molar refractivity (Wildman–Crippen MR) is 80.3 cm³/mol. The summed E-state index contributed by atoms with van der Waals surface area (Å²) in [6.45, 7) is 6.36. The van der Waals surface area contributed by atoms with Crippen LogP contribution in [0.5, 0.6) is 0 Å². The molecule has 0 bridgehead atoms. The minimum absolute atomic E-state index is 0.955. The minimum atomic E-state index is 0.955. The summed E-state index contributed by atoms with van der Waals surface area (Å²) in [4.78, 5) is 4.55. The first-order chi connectivity index (χ1) is 8.65. The van der Waals surface area contributed by atoms with Crippen molar-refractivity contribution in [2.75, 3.05) is 45.7 Å². The second kappa shape index (κ2) is 8.11. The van der Waals surface area contributed by atoms with Gasteiger partial charge in [0.05, 0.1) is 0 Å². The summed E-state index contributed by atoms with van der Waals surface area (Å²) < 4.78 is 0. The Kier molecular flexibility index (Phi) is 6.76. The molecule has 0 spiro atoms. The molecule has 18 heavy (non-hydrogen) atoms. The van der Waals surface area contributed by atoms with Gasteiger partial charge < -0.3 is 15.1 Å². The van der Waals surface area contributed by atoms with E-state index in [1.54, 1.807) is 0 Å². The molecule has 0 radical (unpaired) electrons. The lowest BCUT2D eigenvalue weighted by molar-refractivity contribution is 0.416. The third-order valence-electron chi connectivity index (χ3n) is 3.03.